The maximum Gasteiger partial charge on any atom is 0.119 e. The van der Waals surface area contributed by atoms with E-state index in [0.717, 1.165) is 25.7 Å². The summed E-state index contributed by atoms with van der Waals surface area (Å²) in [6.07, 6.45) is 5.80. The van der Waals surface area contributed by atoms with E-state index in [4.69, 9.17) is 22.0 Å². The van der Waals surface area contributed by atoms with Crippen molar-refractivity contribution in [1.82, 2.24) is 4.90 Å². The smallest absolute Gasteiger partial charge is 0.119 e. The topological polar surface area (TPSA) is 103 Å². The fourth-order valence-electron chi connectivity index (χ4n) is 2.70. The van der Waals surface area contributed by atoms with Crippen LogP contribution in [0.15, 0.2) is 22.8 Å². The van der Waals surface area contributed by atoms with Gasteiger partial charge in [0.1, 0.15) is 11.6 Å². The van der Waals surface area contributed by atoms with Gasteiger partial charge in [0.15, 0.2) is 0 Å². The van der Waals surface area contributed by atoms with E-state index in [9.17, 15) is 0 Å². The average Bonchev–Trinajstić information content (AvgIpc) is 2.40. The Hall–Kier alpha value is -2.14. The Morgan fingerprint density at radius 2 is 1.44 bits per heavy atom. The molecule has 2 aliphatic rings. The van der Waals surface area contributed by atoms with Crippen LogP contribution in [0.2, 0.25) is 0 Å². The van der Waals surface area contributed by atoms with Crippen LogP contribution >= 0.6 is 0 Å². The lowest BCUT2D eigenvalue weighted by molar-refractivity contribution is 0.232. The third-order valence-electron chi connectivity index (χ3n) is 3.70. The second-order valence-electron chi connectivity index (χ2n) is 4.79. The Labute approximate surface area is 107 Å². The molecule has 0 unspecified atom stereocenters. The molecule has 2 rings (SSSR count). The molecule has 0 amide bonds. The number of nitrogens with zero attached hydrogens (tertiary/aromatic N) is 3. The molecule has 1 aliphatic carbocycles. The molecule has 18 heavy (non-hydrogen) atoms. The summed E-state index contributed by atoms with van der Waals surface area (Å²) in [6.45, 7) is 0. The molecule has 94 valence electrons. The summed E-state index contributed by atoms with van der Waals surface area (Å²) in [7, 11) is 0. The summed E-state index contributed by atoms with van der Waals surface area (Å²) in [4.78, 5) is 1.81. The van der Waals surface area contributed by atoms with Gasteiger partial charge in [-0.25, -0.2) is 0 Å². The van der Waals surface area contributed by atoms with Gasteiger partial charge in [-0.1, -0.05) is 19.3 Å². The first-order chi connectivity index (χ1) is 8.69. The summed E-state index contributed by atoms with van der Waals surface area (Å²) in [5, 5.41) is 18.2. The quantitative estimate of drug-likeness (QED) is 0.724. The predicted molar refractivity (Wildman–Crippen MR) is 67.0 cm³/mol. The van der Waals surface area contributed by atoms with Gasteiger partial charge in [-0.05, 0) is 12.8 Å². The van der Waals surface area contributed by atoms with Crippen molar-refractivity contribution in [2.75, 3.05) is 0 Å². The molecule has 1 aliphatic heterocycles. The lowest BCUT2D eigenvalue weighted by atomic mass is 9.92. The molecule has 0 aromatic rings. The maximum atomic E-state index is 9.09. The van der Waals surface area contributed by atoms with Gasteiger partial charge in [0.25, 0.3) is 0 Å². The van der Waals surface area contributed by atoms with Gasteiger partial charge in [-0.15, -0.1) is 0 Å². The highest BCUT2D eigenvalue weighted by atomic mass is 15.3. The Morgan fingerprint density at radius 1 is 0.944 bits per heavy atom. The molecule has 0 radical (unpaired) electrons. The fraction of sp³-hybridized carbons (Fsp3) is 0.538. The molecule has 4 N–H and O–H groups in total. The van der Waals surface area contributed by atoms with Crippen molar-refractivity contribution in [3.05, 3.63) is 22.8 Å². The molecular formula is C13H17N5. The number of hydrogen-bond acceptors (Lipinski definition) is 5. The zero-order valence-corrected chi connectivity index (χ0v) is 10.3. The van der Waals surface area contributed by atoms with Gasteiger partial charge in [0.05, 0.1) is 23.3 Å². The first kappa shape index (κ1) is 12.3. The molecule has 0 aromatic carbocycles. The standard InChI is InChI=1S/C13H17N5/c14-7-9-6-10(8-15)13(17)18(12(9)16)11-4-2-1-3-5-11/h11H,1-6,16-17H2. The highest BCUT2D eigenvalue weighted by molar-refractivity contribution is 5.43. The Kier molecular flexibility index (Phi) is 3.43. The van der Waals surface area contributed by atoms with E-state index in [0.29, 0.717) is 22.8 Å². The monoisotopic (exact) mass is 243 g/mol. The van der Waals surface area contributed by atoms with Crippen LogP contribution in [0, 0.1) is 22.7 Å². The first-order valence-electron chi connectivity index (χ1n) is 6.25. The largest absolute Gasteiger partial charge is 0.384 e. The van der Waals surface area contributed by atoms with Crippen LogP contribution in [0.25, 0.3) is 0 Å². The van der Waals surface area contributed by atoms with Crippen LogP contribution in [-0.4, -0.2) is 10.9 Å². The van der Waals surface area contributed by atoms with Crippen LogP contribution in [0.3, 0.4) is 0 Å². The minimum atomic E-state index is 0.228. The normalized spacial score (nSPS) is 21.8. The van der Waals surface area contributed by atoms with E-state index in [1.54, 1.807) is 4.90 Å². The van der Waals surface area contributed by atoms with E-state index in [1.165, 1.54) is 6.42 Å². The van der Waals surface area contributed by atoms with Crippen LogP contribution in [0.4, 0.5) is 0 Å². The van der Waals surface area contributed by atoms with Crippen LogP contribution in [-0.2, 0) is 0 Å². The molecule has 0 spiro atoms. The van der Waals surface area contributed by atoms with Crippen LogP contribution in [0.1, 0.15) is 38.5 Å². The van der Waals surface area contributed by atoms with Crippen LogP contribution in [0.5, 0.6) is 0 Å². The lowest BCUT2D eigenvalue weighted by Crippen LogP contribution is -2.43. The average molecular weight is 243 g/mol. The molecule has 5 heteroatoms. The summed E-state index contributed by atoms with van der Waals surface area (Å²) in [5.74, 6) is 0.863. The molecule has 5 nitrogen and oxygen atoms in total. The summed E-state index contributed by atoms with van der Waals surface area (Å²) in [5.41, 5.74) is 13.0. The highest BCUT2D eigenvalue weighted by Gasteiger charge is 2.30. The second-order valence-corrected chi connectivity index (χ2v) is 4.79. The van der Waals surface area contributed by atoms with E-state index in [2.05, 4.69) is 12.1 Å². The second kappa shape index (κ2) is 5.01. The summed E-state index contributed by atoms with van der Waals surface area (Å²) in [6, 6.07) is 4.39. The molecule has 1 fully saturated rings. The van der Waals surface area contributed by atoms with Gasteiger partial charge in [-0.3, -0.25) is 0 Å². The summed E-state index contributed by atoms with van der Waals surface area (Å²) >= 11 is 0. The number of allylic oxidation sites excluding steroid dienone is 2. The molecule has 0 aromatic heterocycles. The van der Waals surface area contributed by atoms with Crippen molar-refractivity contribution < 1.29 is 0 Å². The minimum absolute atomic E-state index is 0.228. The number of hydrogen-bond donors (Lipinski definition) is 2. The number of rotatable bonds is 1. The van der Waals surface area contributed by atoms with Crippen LogP contribution < -0.4 is 11.5 Å². The maximum absolute atomic E-state index is 9.09. The van der Waals surface area contributed by atoms with Crippen molar-refractivity contribution in [1.29, 1.82) is 10.5 Å². The van der Waals surface area contributed by atoms with Crippen molar-refractivity contribution in [3.63, 3.8) is 0 Å². The van der Waals surface area contributed by atoms with Crippen molar-refractivity contribution >= 4 is 0 Å². The van der Waals surface area contributed by atoms with E-state index in [1.807, 2.05) is 0 Å². The predicted octanol–water partition coefficient (Wildman–Crippen LogP) is 1.41. The molecule has 0 saturated heterocycles. The van der Waals surface area contributed by atoms with E-state index in [-0.39, 0.29) is 12.5 Å². The number of nitriles is 2. The minimum Gasteiger partial charge on any atom is -0.384 e. The Balaban J connectivity index is 2.37. The molecule has 1 heterocycles. The van der Waals surface area contributed by atoms with Gasteiger partial charge in [0, 0.05) is 12.5 Å². The zero-order valence-electron chi connectivity index (χ0n) is 10.3. The molecule has 1 saturated carbocycles. The van der Waals surface area contributed by atoms with Gasteiger partial charge >= 0.3 is 0 Å². The van der Waals surface area contributed by atoms with E-state index >= 15 is 0 Å². The molecule has 0 atom stereocenters. The Morgan fingerprint density at radius 3 is 1.89 bits per heavy atom. The van der Waals surface area contributed by atoms with Crippen molar-refractivity contribution in [3.8, 4) is 12.1 Å². The SMILES string of the molecule is N#CC1=C(N)N(C2CCCCC2)C(N)=C(C#N)C1. The Bertz CT molecular complexity index is 446. The third-order valence-corrected chi connectivity index (χ3v) is 3.70. The zero-order chi connectivity index (χ0) is 13.1. The first-order valence-corrected chi connectivity index (χ1v) is 6.25. The van der Waals surface area contributed by atoms with E-state index < -0.39 is 0 Å². The fourth-order valence-corrected chi connectivity index (χ4v) is 2.70. The summed E-state index contributed by atoms with van der Waals surface area (Å²) < 4.78 is 0. The van der Waals surface area contributed by atoms with Gasteiger partial charge in [0.2, 0.25) is 0 Å². The van der Waals surface area contributed by atoms with Crippen molar-refractivity contribution in [2.45, 2.75) is 44.6 Å². The molecule has 0 bridgehead atoms. The van der Waals surface area contributed by atoms with Gasteiger partial charge in [-0.2, -0.15) is 10.5 Å². The van der Waals surface area contributed by atoms with Gasteiger partial charge < -0.3 is 16.4 Å². The lowest BCUT2D eigenvalue weighted by Gasteiger charge is -2.38. The molecular weight excluding hydrogens is 226 g/mol. The third kappa shape index (κ3) is 2.00. The number of nitrogens with two attached hydrogens (primary N) is 2. The highest BCUT2D eigenvalue weighted by Crippen LogP contribution is 2.32. The van der Waals surface area contributed by atoms with Crippen molar-refractivity contribution in [2.24, 2.45) is 11.5 Å².